The zero-order valence-electron chi connectivity index (χ0n) is 15.1. The Morgan fingerprint density at radius 2 is 1.79 bits per heavy atom. The second kappa shape index (κ2) is 8.90. The second-order valence-electron chi connectivity index (χ2n) is 5.90. The highest BCUT2D eigenvalue weighted by atomic mass is 19.1. The number of ether oxygens (including phenoxy) is 1. The number of carbonyl (C=O) groups excluding carboxylic acids is 1. The summed E-state index contributed by atoms with van der Waals surface area (Å²) in [6.07, 6.45) is 3.43. The van der Waals surface area contributed by atoms with Crippen LogP contribution in [0.25, 0.3) is 0 Å². The minimum atomic E-state index is -0.855. The third-order valence-corrected chi connectivity index (χ3v) is 3.95. The summed E-state index contributed by atoms with van der Waals surface area (Å²) >= 11 is 0. The van der Waals surface area contributed by atoms with Crippen molar-refractivity contribution in [3.05, 3.63) is 77.6 Å². The maximum Gasteiger partial charge on any atom is 0.258 e. The van der Waals surface area contributed by atoms with Gasteiger partial charge in [0.05, 0.1) is 18.4 Å². The molecule has 0 aliphatic carbocycles. The number of amides is 1. The molecule has 0 unspecified atom stereocenters. The van der Waals surface area contributed by atoms with Crippen LogP contribution in [0.1, 0.15) is 15.9 Å². The molecule has 1 heterocycles. The molecule has 3 rings (SSSR count). The monoisotopic (exact) mass is 384 g/mol. The number of aromatic nitrogens is 2. The van der Waals surface area contributed by atoms with E-state index in [2.05, 4.69) is 20.6 Å². The molecule has 2 aromatic carbocycles. The third-order valence-electron chi connectivity index (χ3n) is 3.95. The lowest BCUT2D eigenvalue weighted by atomic mass is 10.1. The van der Waals surface area contributed by atoms with Crippen LogP contribution in [0.3, 0.4) is 0 Å². The number of rotatable bonds is 7. The first kappa shape index (κ1) is 19.2. The molecule has 0 aliphatic heterocycles. The van der Waals surface area contributed by atoms with Crippen molar-refractivity contribution in [3.8, 4) is 5.75 Å². The molecular formula is C20H18F2N4O2. The highest BCUT2D eigenvalue weighted by molar-refractivity contribution is 6.03. The fourth-order valence-corrected chi connectivity index (χ4v) is 2.43. The number of hydrogen-bond acceptors (Lipinski definition) is 5. The van der Waals surface area contributed by atoms with E-state index >= 15 is 0 Å². The van der Waals surface area contributed by atoms with E-state index in [4.69, 9.17) is 4.74 Å². The van der Waals surface area contributed by atoms with Crippen LogP contribution in [0.2, 0.25) is 0 Å². The Hall–Kier alpha value is -3.55. The topological polar surface area (TPSA) is 76.1 Å². The standard InChI is InChI=1S/C20H18F2N4O2/c1-28-16-5-2-13(3-6-16)8-9-23-20-24-11-14(12-25-20)19(27)26-18-7-4-15(21)10-17(18)22/h2-7,10-12H,8-9H2,1H3,(H,26,27)(H,23,24,25). The van der Waals surface area contributed by atoms with E-state index in [0.29, 0.717) is 18.6 Å². The fraction of sp³-hybridized carbons (Fsp3) is 0.150. The van der Waals surface area contributed by atoms with Crippen molar-refractivity contribution in [2.24, 2.45) is 0 Å². The van der Waals surface area contributed by atoms with Crippen molar-refractivity contribution in [3.63, 3.8) is 0 Å². The predicted octanol–water partition coefficient (Wildman–Crippen LogP) is 3.67. The predicted molar refractivity (Wildman–Crippen MR) is 102 cm³/mol. The maximum absolute atomic E-state index is 13.6. The molecule has 6 nitrogen and oxygen atoms in total. The Labute approximate surface area is 160 Å². The first-order chi connectivity index (χ1) is 13.5. The molecule has 0 atom stereocenters. The molecule has 0 aliphatic rings. The number of nitrogens with zero attached hydrogens (tertiary/aromatic N) is 2. The van der Waals surface area contributed by atoms with Crippen LogP contribution in [-0.2, 0) is 6.42 Å². The molecule has 3 aromatic rings. The van der Waals surface area contributed by atoms with Gasteiger partial charge in [0, 0.05) is 25.0 Å². The molecule has 0 saturated heterocycles. The molecule has 1 aromatic heterocycles. The van der Waals surface area contributed by atoms with E-state index in [-0.39, 0.29) is 11.3 Å². The molecule has 0 radical (unpaired) electrons. The number of carbonyl (C=O) groups is 1. The molecule has 0 fully saturated rings. The molecule has 2 N–H and O–H groups in total. The van der Waals surface area contributed by atoms with Gasteiger partial charge in [-0.25, -0.2) is 18.7 Å². The molecule has 144 valence electrons. The van der Waals surface area contributed by atoms with Crippen LogP contribution >= 0.6 is 0 Å². The van der Waals surface area contributed by atoms with Gasteiger partial charge in [-0.2, -0.15) is 0 Å². The summed E-state index contributed by atoms with van der Waals surface area (Å²) in [5, 5.41) is 5.42. The van der Waals surface area contributed by atoms with Crippen molar-refractivity contribution in [2.75, 3.05) is 24.3 Å². The van der Waals surface area contributed by atoms with Gasteiger partial charge >= 0.3 is 0 Å². The number of halogens is 2. The molecule has 0 spiro atoms. The lowest BCUT2D eigenvalue weighted by Gasteiger charge is -2.08. The van der Waals surface area contributed by atoms with Crippen LogP contribution < -0.4 is 15.4 Å². The Balaban J connectivity index is 1.53. The smallest absolute Gasteiger partial charge is 0.258 e. The summed E-state index contributed by atoms with van der Waals surface area (Å²) in [5.41, 5.74) is 1.17. The largest absolute Gasteiger partial charge is 0.497 e. The minimum absolute atomic E-state index is 0.118. The summed E-state index contributed by atoms with van der Waals surface area (Å²) in [4.78, 5) is 20.3. The van der Waals surface area contributed by atoms with E-state index in [9.17, 15) is 13.6 Å². The second-order valence-corrected chi connectivity index (χ2v) is 5.90. The van der Waals surface area contributed by atoms with Gasteiger partial charge < -0.3 is 15.4 Å². The molecule has 1 amide bonds. The molecule has 8 heteroatoms. The van der Waals surface area contributed by atoms with Crippen LogP contribution in [0.5, 0.6) is 5.75 Å². The van der Waals surface area contributed by atoms with Crippen LogP contribution in [-0.4, -0.2) is 29.5 Å². The van der Waals surface area contributed by atoms with Gasteiger partial charge in [-0.05, 0) is 36.2 Å². The quantitative estimate of drug-likeness (QED) is 0.650. The van der Waals surface area contributed by atoms with Gasteiger partial charge in [0.1, 0.15) is 17.4 Å². The molecule has 28 heavy (non-hydrogen) atoms. The SMILES string of the molecule is COc1ccc(CCNc2ncc(C(=O)Nc3ccc(F)cc3F)cn2)cc1. The summed E-state index contributed by atoms with van der Waals surface area (Å²) in [7, 11) is 1.62. The first-order valence-corrected chi connectivity index (χ1v) is 8.50. The fourth-order valence-electron chi connectivity index (χ4n) is 2.43. The van der Waals surface area contributed by atoms with Crippen molar-refractivity contribution < 1.29 is 18.3 Å². The zero-order chi connectivity index (χ0) is 19.9. The Morgan fingerprint density at radius 1 is 1.07 bits per heavy atom. The average Bonchev–Trinajstić information content (AvgIpc) is 2.71. The highest BCUT2D eigenvalue weighted by Gasteiger charge is 2.11. The molecule has 0 saturated carbocycles. The number of anilines is 2. The number of hydrogen-bond donors (Lipinski definition) is 2. The van der Waals surface area contributed by atoms with Crippen molar-refractivity contribution >= 4 is 17.5 Å². The van der Waals surface area contributed by atoms with Gasteiger partial charge in [0.15, 0.2) is 0 Å². The van der Waals surface area contributed by atoms with Gasteiger partial charge in [-0.15, -0.1) is 0 Å². The summed E-state index contributed by atoms with van der Waals surface area (Å²) in [6.45, 7) is 0.610. The van der Waals surface area contributed by atoms with Gasteiger partial charge in [-0.3, -0.25) is 4.79 Å². The van der Waals surface area contributed by atoms with Crippen LogP contribution in [0.15, 0.2) is 54.9 Å². The highest BCUT2D eigenvalue weighted by Crippen LogP contribution is 2.16. The molecule has 0 bridgehead atoms. The van der Waals surface area contributed by atoms with E-state index in [0.717, 1.165) is 29.9 Å². The van der Waals surface area contributed by atoms with Crippen LogP contribution in [0, 0.1) is 11.6 Å². The number of benzene rings is 2. The van der Waals surface area contributed by atoms with Crippen molar-refractivity contribution in [2.45, 2.75) is 6.42 Å². The van der Waals surface area contributed by atoms with E-state index in [1.165, 1.54) is 12.4 Å². The van der Waals surface area contributed by atoms with Gasteiger partial charge in [0.25, 0.3) is 5.91 Å². The van der Waals surface area contributed by atoms with E-state index in [1.54, 1.807) is 7.11 Å². The average molecular weight is 384 g/mol. The maximum atomic E-state index is 13.6. The third kappa shape index (κ3) is 5.00. The van der Waals surface area contributed by atoms with E-state index < -0.39 is 17.5 Å². The Morgan fingerprint density at radius 3 is 2.43 bits per heavy atom. The minimum Gasteiger partial charge on any atom is -0.497 e. The van der Waals surface area contributed by atoms with Gasteiger partial charge in [0.2, 0.25) is 5.95 Å². The van der Waals surface area contributed by atoms with Crippen molar-refractivity contribution in [1.82, 2.24) is 9.97 Å². The van der Waals surface area contributed by atoms with Crippen LogP contribution in [0.4, 0.5) is 20.4 Å². The Bertz CT molecular complexity index is 947. The number of methoxy groups -OCH3 is 1. The summed E-state index contributed by atoms with van der Waals surface area (Å²) in [6, 6.07) is 10.6. The summed E-state index contributed by atoms with van der Waals surface area (Å²) < 4.78 is 31.6. The Kier molecular flexibility index (Phi) is 6.11. The lowest BCUT2D eigenvalue weighted by Crippen LogP contribution is -2.15. The van der Waals surface area contributed by atoms with Crippen molar-refractivity contribution in [1.29, 1.82) is 0 Å². The van der Waals surface area contributed by atoms with Gasteiger partial charge in [-0.1, -0.05) is 12.1 Å². The number of nitrogens with one attached hydrogen (secondary N) is 2. The molecular weight excluding hydrogens is 366 g/mol. The normalized spacial score (nSPS) is 10.4. The first-order valence-electron chi connectivity index (χ1n) is 8.50. The zero-order valence-corrected chi connectivity index (χ0v) is 15.1. The summed E-state index contributed by atoms with van der Waals surface area (Å²) in [5.74, 6) is -0.988. The lowest BCUT2D eigenvalue weighted by molar-refractivity contribution is 0.102. The van der Waals surface area contributed by atoms with E-state index in [1.807, 2.05) is 24.3 Å².